The number of hydrogen-bond acceptors (Lipinski definition) is 5. The Bertz CT molecular complexity index is 739. The Labute approximate surface area is 164 Å². The van der Waals surface area contributed by atoms with E-state index in [-0.39, 0.29) is 35.6 Å². The van der Waals surface area contributed by atoms with E-state index in [0.29, 0.717) is 12.8 Å². The maximum absolute atomic E-state index is 12.4. The number of likely N-dealkylation sites (tertiary alicyclic amines) is 1. The average Bonchev–Trinajstić information content (AvgIpc) is 2.96. The molecule has 0 N–H and O–H groups in total. The van der Waals surface area contributed by atoms with Crippen LogP contribution in [0.15, 0.2) is 30.3 Å². The molecule has 1 saturated heterocycles. The Morgan fingerprint density at radius 3 is 2.25 bits per heavy atom. The molecular formula is C21H26N2O5. The first-order valence-corrected chi connectivity index (χ1v) is 9.71. The molecule has 2 aliphatic rings. The van der Waals surface area contributed by atoms with Crippen molar-refractivity contribution in [3.63, 3.8) is 0 Å². The van der Waals surface area contributed by atoms with Gasteiger partial charge in [-0.2, -0.15) is 0 Å². The second-order valence-electron chi connectivity index (χ2n) is 7.51. The molecule has 150 valence electrons. The van der Waals surface area contributed by atoms with Gasteiger partial charge in [-0.1, -0.05) is 43.2 Å². The van der Waals surface area contributed by atoms with E-state index in [4.69, 9.17) is 4.74 Å². The second kappa shape index (κ2) is 8.54. The molecule has 0 bridgehead atoms. The van der Waals surface area contributed by atoms with Crippen molar-refractivity contribution in [3.05, 3.63) is 35.9 Å². The Hall–Kier alpha value is -2.70. The van der Waals surface area contributed by atoms with E-state index in [1.165, 1.54) is 4.90 Å². The number of carbonyl (C=O) groups is 4. The predicted octanol–water partition coefficient (Wildman–Crippen LogP) is 1.92. The molecule has 28 heavy (non-hydrogen) atoms. The van der Waals surface area contributed by atoms with Gasteiger partial charge in [0, 0.05) is 7.05 Å². The van der Waals surface area contributed by atoms with Gasteiger partial charge in [-0.05, 0) is 25.3 Å². The summed E-state index contributed by atoms with van der Waals surface area (Å²) in [6.45, 7) is 1.05. The molecule has 0 spiro atoms. The first kappa shape index (κ1) is 20.0. The molecule has 0 aromatic heterocycles. The van der Waals surface area contributed by atoms with Gasteiger partial charge in [0.2, 0.25) is 11.8 Å². The van der Waals surface area contributed by atoms with E-state index in [0.717, 1.165) is 23.3 Å². The zero-order chi connectivity index (χ0) is 20.3. The van der Waals surface area contributed by atoms with Gasteiger partial charge in [0.05, 0.1) is 17.9 Å². The van der Waals surface area contributed by atoms with E-state index in [1.807, 2.05) is 37.3 Å². The van der Waals surface area contributed by atoms with Crippen LogP contribution in [0.2, 0.25) is 0 Å². The van der Waals surface area contributed by atoms with Crippen molar-refractivity contribution in [2.75, 3.05) is 20.2 Å². The number of benzene rings is 1. The SMILES string of the molecule is CC(c1ccccc1)N(C)C(=O)COC(=O)CN1C(=O)C2CCCCC2C1=O. The van der Waals surface area contributed by atoms with Gasteiger partial charge in [-0.25, -0.2) is 0 Å². The number of likely N-dealkylation sites (N-methyl/N-ethyl adjacent to an activating group) is 1. The van der Waals surface area contributed by atoms with Crippen molar-refractivity contribution in [1.82, 2.24) is 9.80 Å². The molecule has 0 radical (unpaired) electrons. The number of fused-ring (bicyclic) bond motifs is 1. The van der Waals surface area contributed by atoms with Crippen LogP contribution in [0, 0.1) is 11.8 Å². The molecule has 3 amide bonds. The van der Waals surface area contributed by atoms with E-state index in [1.54, 1.807) is 7.05 Å². The van der Waals surface area contributed by atoms with Crippen LogP contribution < -0.4 is 0 Å². The number of amides is 3. The monoisotopic (exact) mass is 386 g/mol. The minimum Gasteiger partial charge on any atom is -0.454 e. The summed E-state index contributed by atoms with van der Waals surface area (Å²) in [6.07, 6.45) is 3.25. The molecule has 1 heterocycles. The van der Waals surface area contributed by atoms with Crippen LogP contribution in [0.1, 0.15) is 44.2 Å². The van der Waals surface area contributed by atoms with Gasteiger partial charge in [-0.15, -0.1) is 0 Å². The summed E-state index contributed by atoms with van der Waals surface area (Å²) in [7, 11) is 1.64. The first-order chi connectivity index (χ1) is 13.4. The number of ether oxygens (including phenoxy) is 1. The third kappa shape index (κ3) is 4.08. The minimum atomic E-state index is -0.741. The number of imide groups is 1. The lowest BCUT2D eigenvalue weighted by atomic mass is 9.81. The zero-order valence-corrected chi connectivity index (χ0v) is 16.3. The summed E-state index contributed by atoms with van der Waals surface area (Å²) in [4.78, 5) is 51.8. The molecule has 7 heteroatoms. The number of carbonyl (C=O) groups excluding carboxylic acids is 4. The Morgan fingerprint density at radius 1 is 1.11 bits per heavy atom. The molecule has 3 unspecified atom stereocenters. The molecule has 3 atom stereocenters. The number of rotatable bonds is 6. The number of hydrogen-bond donors (Lipinski definition) is 0. The van der Waals surface area contributed by atoms with Crippen molar-refractivity contribution in [1.29, 1.82) is 0 Å². The third-order valence-electron chi connectivity index (χ3n) is 5.83. The fraction of sp³-hybridized carbons (Fsp3) is 0.524. The van der Waals surface area contributed by atoms with Crippen LogP contribution in [-0.4, -0.2) is 53.7 Å². The molecule has 2 fully saturated rings. The van der Waals surface area contributed by atoms with E-state index < -0.39 is 19.1 Å². The lowest BCUT2D eigenvalue weighted by Crippen LogP contribution is -2.38. The van der Waals surface area contributed by atoms with Crippen LogP contribution in [-0.2, 0) is 23.9 Å². The van der Waals surface area contributed by atoms with Crippen molar-refractivity contribution in [2.24, 2.45) is 11.8 Å². The normalized spacial score (nSPS) is 22.6. The fourth-order valence-electron chi connectivity index (χ4n) is 3.98. The average molecular weight is 386 g/mol. The molecule has 1 aromatic carbocycles. The van der Waals surface area contributed by atoms with E-state index >= 15 is 0 Å². The van der Waals surface area contributed by atoms with Crippen molar-refractivity contribution < 1.29 is 23.9 Å². The molecule has 1 aliphatic carbocycles. The maximum atomic E-state index is 12.4. The Kier molecular flexibility index (Phi) is 6.11. The lowest BCUT2D eigenvalue weighted by Gasteiger charge is -2.25. The van der Waals surface area contributed by atoms with Gasteiger partial charge in [-0.3, -0.25) is 24.1 Å². The highest BCUT2D eigenvalue weighted by Crippen LogP contribution is 2.37. The fourth-order valence-corrected chi connectivity index (χ4v) is 3.98. The van der Waals surface area contributed by atoms with Crippen LogP contribution >= 0.6 is 0 Å². The van der Waals surface area contributed by atoms with Gasteiger partial charge in [0.25, 0.3) is 5.91 Å². The second-order valence-corrected chi connectivity index (χ2v) is 7.51. The van der Waals surface area contributed by atoms with Crippen molar-refractivity contribution >= 4 is 23.7 Å². The van der Waals surface area contributed by atoms with Crippen LogP contribution in [0.25, 0.3) is 0 Å². The quantitative estimate of drug-likeness (QED) is 0.551. The highest BCUT2D eigenvalue weighted by molar-refractivity contribution is 6.07. The topological polar surface area (TPSA) is 84.0 Å². The maximum Gasteiger partial charge on any atom is 0.326 e. The Balaban J connectivity index is 1.50. The van der Waals surface area contributed by atoms with Crippen LogP contribution in [0.4, 0.5) is 0 Å². The third-order valence-corrected chi connectivity index (χ3v) is 5.83. The van der Waals surface area contributed by atoms with Gasteiger partial charge >= 0.3 is 5.97 Å². The van der Waals surface area contributed by atoms with Crippen molar-refractivity contribution in [2.45, 2.75) is 38.6 Å². The predicted molar refractivity (Wildman–Crippen MR) is 101 cm³/mol. The molecule has 1 saturated carbocycles. The summed E-state index contributed by atoms with van der Waals surface area (Å²) < 4.78 is 5.05. The summed E-state index contributed by atoms with van der Waals surface area (Å²) in [5, 5.41) is 0. The molecule has 1 aliphatic heterocycles. The van der Waals surface area contributed by atoms with Gasteiger partial charge < -0.3 is 9.64 Å². The first-order valence-electron chi connectivity index (χ1n) is 9.71. The largest absolute Gasteiger partial charge is 0.454 e. The molecular weight excluding hydrogens is 360 g/mol. The summed E-state index contributed by atoms with van der Waals surface area (Å²) in [5.41, 5.74) is 0.973. The number of esters is 1. The smallest absolute Gasteiger partial charge is 0.326 e. The van der Waals surface area contributed by atoms with Crippen molar-refractivity contribution in [3.8, 4) is 0 Å². The summed E-state index contributed by atoms with van der Waals surface area (Å²) in [5.74, 6) is -2.26. The summed E-state index contributed by atoms with van der Waals surface area (Å²) >= 11 is 0. The minimum absolute atomic E-state index is 0.169. The van der Waals surface area contributed by atoms with E-state index in [2.05, 4.69) is 0 Å². The molecule has 3 rings (SSSR count). The van der Waals surface area contributed by atoms with Crippen LogP contribution in [0.3, 0.4) is 0 Å². The van der Waals surface area contributed by atoms with Crippen LogP contribution in [0.5, 0.6) is 0 Å². The van der Waals surface area contributed by atoms with Gasteiger partial charge in [0.1, 0.15) is 6.54 Å². The molecule has 7 nitrogen and oxygen atoms in total. The standard InChI is InChI=1S/C21H26N2O5/c1-14(15-8-4-3-5-9-15)22(2)18(24)13-28-19(25)12-23-20(26)16-10-6-7-11-17(16)21(23)27/h3-5,8-9,14,16-17H,6-7,10-13H2,1-2H3. The molecule has 1 aromatic rings. The zero-order valence-electron chi connectivity index (χ0n) is 16.3. The highest BCUT2D eigenvalue weighted by atomic mass is 16.5. The summed E-state index contributed by atoms with van der Waals surface area (Å²) in [6, 6.07) is 9.36. The lowest BCUT2D eigenvalue weighted by molar-refractivity contribution is -0.156. The van der Waals surface area contributed by atoms with Gasteiger partial charge in [0.15, 0.2) is 6.61 Å². The number of nitrogens with zero attached hydrogens (tertiary/aromatic N) is 2. The highest BCUT2D eigenvalue weighted by Gasteiger charge is 2.48. The van der Waals surface area contributed by atoms with E-state index in [9.17, 15) is 19.2 Å². The Morgan fingerprint density at radius 2 is 1.68 bits per heavy atom.